The van der Waals surface area contributed by atoms with Crippen molar-refractivity contribution in [2.24, 2.45) is 0 Å². The Morgan fingerprint density at radius 3 is 2.42 bits per heavy atom. The summed E-state index contributed by atoms with van der Waals surface area (Å²) >= 11 is 1.14. The van der Waals surface area contributed by atoms with Crippen LogP contribution < -0.4 is 10.9 Å². The first kappa shape index (κ1) is 25.2. The van der Waals surface area contributed by atoms with Gasteiger partial charge < -0.3 is 10.1 Å². The minimum Gasteiger partial charge on any atom is -0.465 e. The Morgan fingerprint density at radius 2 is 1.72 bits per heavy atom. The van der Waals surface area contributed by atoms with Gasteiger partial charge in [0.25, 0.3) is 11.5 Å². The summed E-state index contributed by atoms with van der Waals surface area (Å²) in [6, 6.07) is 20.3. The van der Waals surface area contributed by atoms with E-state index in [1.807, 2.05) is 62.4 Å². The molecule has 0 saturated carbocycles. The average Bonchev–Trinajstić information content (AvgIpc) is 2.84. The topological polar surface area (TPSA) is 90.3 Å². The number of thioether (sulfide) groups is 1. The number of benzene rings is 3. The van der Waals surface area contributed by atoms with Crippen molar-refractivity contribution in [3.05, 3.63) is 99.3 Å². The van der Waals surface area contributed by atoms with Gasteiger partial charge in [0.15, 0.2) is 5.16 Å². The van der Waals surface area contributed by atoms with Gasteiger partial charge in [0.2, 0.25) is 0 Å². The number of hydrogen-bond donors (Lipinski definition) is 1. The maximum absolute atomic E-state index is 13.5. The monoisotopic (exact) mass is 501 g/mol. The largest absolute Gasteiger partial charge is 0.465 e. The van der Waals surface area contributed by atoms with E-state index in [2.05, 4.69) is 10.3 Å². The van der Waals surface area contributed by atoms with E-state index in [4.69, 9.17) is 4.74 Å². The summed E-state index contributed by atoms with van der Waals surface area (Å²) in [6.45, 7) is 6.27. The molecule has 0 unspecified atom stereocenters. The third-order valence-corrected chi connectivity index (χ3v) is 6.42. The maximum Gasteiger partial charge on any atom is 0.316 e. The number of ether oxygens (including phenoxy) is 1. The summed E-state index contributed by atoms with van der Waals surface area (Å²) in [5, 5.41) is 3.70. The standard InChI is InChI=1S/C28H27N3O4S/c1-4-35-25(32)17-36-28-30-24-15-21(26(33)29-22-13-18(2)12-19(3)14-22)10-11-23(24)27(34)31(28)16-20-8-6-5-7-9-20/h5-15H,4,16-17H2,1-3H3,(H,29,33). The second-order valence-corrected chi connectivity index (χ2v) is 9.37. The number of amides is 1. The van der Waals surface area contributed by atoms with Crippen LogP contribution in [0.25, 0.3) is 10.9 Å². The lowest BCUT2D eigenvalue weighted by atomic mass is 10.1. The molecular formula is C28H27N3O4S. The lowest BCUT2D eigenvalue weighted by Crippen LogP contribution is -2.25. The third kappa shape index (κ3) is 6.01. The number of hydrogen-bond acceptors (Lipinski definition) is 6. The molecule has 4 rings (SSSR count). The van der Waals surface area contributed by atoms with Gasteiger partial charge in [-0.25, -0.2) is 4.98 Å². The van der Waals surface area contributed by atoms with Gasteiger partial charge >= 0.3 is 5.97 Å². The van der Waals surface area contributed by atoms with Crippen LogP contribution in [0.4, 0.5) is 5.69 Å². The number of rotatable bonds is 8. The van der Waals surface area contributed by atoms with Crippen molar-refractivity contribution in [2.45, 2.75) is 32.5 Å². The number of nitrogens with one attached hydrogen (secondary N) is 1. The molecule has 1 N–H and O–H groups in total. The Bertz CT molecular complexity index is 1460. The van der Waals surface area contributed by atoms with Gasteiger partial charge in [-0.2, -0.15) is 0 Å². The molecule has 1 amide bonds. The van der Waals surface area contributed by atoms with Gasteiger partial charge in [0, 0.05) is 11.3 Å². The molecule has 0 aliphatic heterocycles. The molecule has 0 spiro atoms. The number of carbonyl (C=O) groups is 2. The van der Waals surface area contributed by atoms with Crippen LogP contribution in [0, 0.1) is 13.8 Å². The van der Waals surface area contributed by atoms with Crippen molar-refractivity contribution in [1.82, 2.24) is 9.55 Å². The highest BCUT2D eigenvalue weighted by Gasteiger charge is 2.16. The van der Waals surface area contributed by atoms with Gasteiger partial charge in [-0.3, -0.25) is 19.0 Å². The predicted molar refractivity (Wildman–Crippen MR) is 143 cm³/mol. The number of anilines is 1. The van der Waals surface area contributed by atoms with Crippen molar-refractivity contribution in [3.8, 4) is 0 Å². The average molecular weight is 502 g/mol. The first-order valence-corrected chi connectivity index (χ1v) is 12.6. The highest BCUT2D eigenvalue weighted by molar-refractivity contribution is 7.99. The summed E-state index contributed by atoms with van der Waals surface area (Å²) in [5.74, 6) is -0.657. The first-order chi connectivity index (χ1) is 17.3. The Morgan fingerprint density at radius 1 is 1.00 bits per heavy atom. The molecule has 3 aromatic carbocycles. The van der Waals surface area contributed by atoms with E-state index in [1.165, 1.54) is 0 Å². The predicted octanol–water partition coefficient (Wildman–Crippen LogP) is 4.97. The summed E-state index contributed by atoms with van der Waals surface area (Å²) in [7, 11) is 0. The molecule has 4 aromatic rings. The van der Waals surface area contributed by atoms with E-state index >= 15 is 0 Å². The van der Waals surface area contributed by atoms with Crippen molar-refractivity contribution in [1.29, 1.82) is 0 Å². The number of esters is 1. The van der Waals surface area contributed by atoms with Crippen molar-refractivity contribution < 1.29 is 14.3 Å². The summed E-state index contributed by atoms with van der Waals surface area (Å²) in [4.78, 5) is 43.1. The normalized spacial score (nSPS) is 10.9. The highest BCUT2D eigenvalue weighted by Crippen LogP contribution is 2.21. The van der Waals surface area contributed by atoms with Crippen LogP contribution in [0.1, 0.15) is 34.0 Å². The van der Waals surface area contributed by atoms with Crippen molar-refractivity contribution in [2.75, 3.05) is 17.7 Å². The van der Waals surface area contributed by atoms with Gasteiger partial charge in [0.05, 0.1) is 29.8 Å². The van der Waals surface area contributed by atoms with Gasteiger partial charge in [-0.05, 0) is 67.8 Å². The molecule has 1 aromatic heterocycles. The number of fused-ring (bicyclic) bond motifs is 1. The first-order valence-electron chi connectivity index (χ1n) is 11.6. The van der Waals surface area contributed by atoms with E-state index in [-0.39, 0.29) is 29.8 Å². The fraction of sp³-hybridized carbons (Fsp3) is 0.214. The summed E-state index contributed by atoms with van der Waals surface area (Å²) in [6.07, 6.45) is 0. The Balaban J connectivity index is 1.71. The Kier molecular flexibility index (Phi) is 7.85. The maximum atomic E-state index is 13.5. The minimum atomic E-state index is -0.385. The van der Waals surface area contributed by atoms with E-state index < -0.39 is 0 Å². The second-order valence-electron chi connectivity index (χ2n) is 8.43. The lowest BCUT2D eigenvalue weighted by Gasteiger charge is -2.14. The smallest absolute Gasteiger partial charge is 0.316 e. The van der Waals surface area contributed by atoms with Crippen LogP contribution in [0.5, 0.6) is 0 Å². The minimum absolute atomic E-state index is 0.0213. The molecule has 1 heterocycles. The summed E-state index contributed by atoms with van der Waals surface area (Å²) in [5.41, 5.74) is 4.27. The van der Waals surface area contributed by atoms with Crippen LogP contribution in [-0.2, 0) is 16.1 Å². The number of aromatic nitrogens is 2. The van der Waals surface area contributed by atoms with Gasteiger partial charge in [0.1, 0.15) is 0 Å². The SMILES string of the molecule is CCOC(=O)CSc1nc2cc(C(=O)Nc3cc(C)cc(C)c3)ccc2c(=O)n1Cc1ccccc1. The quantitative estimate of drug-likeness (QED) is 0.208. The molecular weight excluding hydrogens is 474 g/mol. The number of carbonyl (C=O) groups excluding carboxylic acids is 2. The van der Waals surface area contributed by atoms with Crippen LogP contribution >= 0.6 is 11.8 Å². The number of nitrogens with zero attached hydrogens (tertiary/aromatic N) is 2. The van der Waals surface area contributed by atoms with E-state index in [9.17, 15) is 14.4 Å². The fourth-order valence-electron chi connectivity index (χ4n) is 3.93. The summed E-state index contributed by atoms with van der Waals surface area (Å²) < 4.78 is 6.59. The molecule has 184 valence electrons. The van der Waals surface area contributed by atoms with E-state index in [1.54, 1.807) is 29.7 Å². The molecule has 0 fully saturated rings. The molecule has 0 radical (unpaired) electrons. The Hall–Kier alpha value is -3.91. The van der Waals surface area contributed by atoms with Gasteiger partial charge in [-0.1, -0.05) is 48.2 Å². The zero-order chi connectivity index (χ0) is 25.7. The van der Waals surface area contributed by atoms with Crippen LogP contribution in [0.3, 0.4) is 0 Å². The van der Waals surface area contributed by atoms with Crippen LogP contribution in [-0.4, -0.2) is 33.8 Å². The molecule has 0 atom stereocenters. The molecule has 0 aliphatic rings. The zero-order valence-corrected chi connectivity index (χ0v) is 21.2. The third-order valence-electron chi connectivity index (χ3n) is 5.47. The fourth-order valence-corrected chi connectivity index (χ4v) is 4.73. The van der Waals surface area contributed by atoms with Crippen molar-refractivity contribution in [3.63, 3.8) is 0 Å². The molecule has 36 heavy (non-hydrogen) atoms. The van der Waals surface area contributed by atoms with Gasteiger partial charge in [-0.15, -0.1) is 0 Å². The van der Waals surface area contributed by atoms with E-state index in [0.29, 0.717) is 33.9 Å². The lowest BCUT2D eigenvalue weighted by molar-refractivity contribution is -0.139. The Labute approximate surface area is 213 Å². The highest BCUT2D eigenvalue weighted by atomic mass is 32.2. The zero-order valence-electron chi connectivity index (χ0n) is 20.4. The van der Waals surface area contributed by atoms with E-state index in [0.717, 1.165) is 28.5 Å². The second kappa shape index (κ2) is 11.2. The van der Waals surface area contributed by atoms with Crippen LogP contribution in [0.2, 0.25) is 0 Å². The van der Waals surface area contributed by atoms with Crippen molar-refractivity contribution >= 4 is 40.2 Å². The molecule has 8 heteroatoms. The molecule has 0 bridgehead atoms. The van der Waals surface area contributed by atoms with Crippen LogP contribution in [0.15, 0.2) is 76.7 Å². The number of aryl methyl sites for hydroxylation is 2. The molecule has 0 aliphatic carbocycles. The molecule has 0 saturated heterocycles. The molecule has 7 nitrogen and oxygen atoms in total.